The average Bonchev–Trinajstić information content (AvgIpc) is 1.88. The third-order valence-electron chi connectivity index (χ3n) is 1.03. The lowest BCUT2D eigenvalue weighted by molar-refractivity contribution is 1.07. The molecule has 0 amide bonds. The zero-order valence-electron chi connectivity index (χ0n) is 6.05. The van der Waals surface area contributed by atoms with Gasteiger partial charge in [-0.25, -0.2) is 9.97 Å². The van der Waals surface area contributed by atoms with Crippen molar-refractivity contribution >= 4 is 0 Å². The summed E-state index contributed by atoms with van der Waals surface area (Å²) in [6.07, 6.45) is 1.71. The highest BCUT2D eigenvalue weighted by molar-refractivity contribution is 5.19. The Bertz CT molecular complexity index is 281. The molecule has 0 bridgehead atoms. The molecule has 0 radical (unpaired) electrons. The van der Waals surface area contributed by atoms with Gasteiger partial charge < -0.3 is 0 Å². The molecule has 1 aromatic heterocycles. The van der Waals surface area contributed by atoms with Gasteiger partial charge in [-0.15, -0.1) is 0 Å². The second-order valence-corrected chi connectivity index (χ2v) is 1.90. The summed E-state index contributed by atoms with van der Waals surface area (Å²) in [4.78, 5) is 8.02. The number of aryl methyl sites for hydroxylation is 1. The van der Waals surface area contributed by atoms with Crippen molar-refractivity contribution in [3.63, 3.8) is 0 Å². The second-order valence-electron chi connectivity index (χ2n) is 1.90. The lowest BCUT2D eigenvalue weighted by atomic mass is 10.4. The monoisotopic (exact) mass is 132 g/mol. The van der Waals surface area contributed by atoms with Crippen LogP contribution in [0.15, 0.2) is 12.3 Å². The molecular formula is C8H8N2. The van der Waals surface area contributed by atoms with Gasteiger partial charge in [0.25, 0.3) is 0 Å². The maximum Gasteiger partial charge on any atom is 0.205 e. The van der Waals surface area contributed by atoms with Crippen molar-refractivity contribution in [1.82, 2.24) is 9.97 Å². The van der Waals surface area contributed by atoms with E-state index in [1.807, 2.05) is 13.0 Å². The van der Waals surface area contributed by atoms with E-state index in [4.69, 9.17) is 0 Å². The average molecular weight is 132 g/mol. The SMILES string of the molecule is CC#Cc1nccc(C)n1. The molecule has 1 rings (SSSR count). The summed E-state index contributed by atoms with van der Waals surface area (Å²) in [5, 5.41) is 0. The Labute approximate surface area is 60.3 Å². The van der Waals surface area contributed by atoms with Crippen LogP contribution in [0, 0.1) is 18.8 Å². The molecule has 1 aromatic rings. The summed E-state index contributed by atoms with van der Waals surface area (Å²) >= 11 is 0. The quantitative estimate of drug-likeness (QED) is 0.495. The van der Waals surface area contributed by atoms with Crippen LogP contribution in [-0.4, -0.2) is 9.97 Å². The first-order valence-corrected chi connectivity index (χ1v) is 3.05. The molecule has 0 fully saturated rings. The molecule has 2 heteroatoms. The van der Waals surface area contributed by atoms with E-state index < -0.39 is 0 Å². The summed E-state index contributed by atoms with van der Waals surface area (Å²) < 4.78 is 0. The van der Waals surface area contributed by atoms with Gasteiger partial charge in [0.05, 0.1) is 0 Å². The second kappa shape index (κ2) is 2.98. The summed E-state index contributed by atoms with van der Waals surface area (Å²) in [6.45, 7) is 3.69. The molecule has 0 unspecified atom stereocenters. The maximum absolute atomic E-state index is 4.08. The molecule has 0 aliphatic rings. The number of aromatic nitrogens is 2. The molecular weight excluding hydrogens is 124 g/mol. The van der Waals surface area contributed by atoms with Crippen molar-refractivity contribution in [3.05, 3.63) is 23.8 Å². The van der Waals surface area contributed by atoms with Crippen LogP contribution in [0.3, 0.4) is 0 Å². The van der Waals surface area contributed by atoms with E-state index in [9.17, 15) is 0 Å². The van der Waals surface area contributed by atoms with E-state index in [1.165, 1.54) is 0 Å². The molecule has 10 heavy (non-hydrogen) atoms. The van der Waals surface area contributed by atoms with Crippen molar-refractivity contribution < 1.29 is 0 Å². The van der Waals surface area contributed by atoms with Crippen molar-refractivity contribution in [2.75, 3.05) is 0 Å². The number of hydrogen-bond acceptors (Lipinski definition) is 2. The van der Waals surface area contributed by atoms with Gasteiger partial charge in [0.15, 0.2) is 0 Å². The van der Waals surface area contributed by atoms with Crippen LogP contribution in [0.1, 0.15) is 18.4 Å². The number of nitrogens with zero attached hydrogens (tertiary/aromatic N) is 2. The molecule has 0 saturated carbocycles. The van der Waals surface area contributed by atoms with E-state index in [0.717, 1.165) is 5.69 Å². The molecule has 0 aliphatic heterocycles. The van der Waals surface area contributed by atoms with Crippen LogP contribution >= 0.6 is 0 Å². The van der Waals surface area contributed by atoms with Crippen LogP contribution in [0.4, 0.5) is 0 Å². The van der Waals surface area contributed by atoms with Gasteiger partial charge >= 0.3 is 0 Å². The minimum Gasteiger partial charge on any atom is -0.229 e. The molecule has 50 valence electrons. The number of rotatable bonds is 0. The Balaban J connectivity index is 3.03. The molecule has 0 aromatic carbocycles. The first-order valence-electron chi connectivity index (χ1n) is 3.05. The number of hydrogen-bond donors (Lipinski definition) is 0. The minimum atomic E-state index is 0.600. The van der Waals surface area contributed by atoms with Crippen LogP contribution in [0.5, 0.6) is 0 Å². The van der Waals surface area contributed by atoms with Crippen LogP contribution in [-0.2, 0) is 0 Å². The Hall–Kier alpha value is -1.36. The zero-order chi connectivity index (χ0) is 7.40. The Morgan fingerprint density at radius 1 is 1.50 bits per heavy atom. The van der Waals surface area contributed by atoms with Crippen molar-refractivity contribution in [3.8, 4) is 11.8 Å². The normalized spacial score (nSPS) is 8.20. The van der Waals surface area contributed by atoms with Gasteiger partial charge in [-0.2, -0.15) is 0 Å². The van der Waals surface area contributed by atoms with Crippen LogP contribution in [0.25, 0.3) is 0 Å². The first kappa shape index (κ1) is 6.76. The van der Waals surface area contributed by atoms with Gasteiger partial charge in [0.1, 0.15) is 0 Å². The molecule has 0 spiro atoms. The topological polar surface area (TPSA) is 25.8 Å². The standard InChI is InChI=1S/C8H8N2/c1-3-4-8-9-6-5-7(2)10-8/h5-6H,1-2H3. The highest BCUT2D eigenvalue weighted by atomic mass is 14.9. The summed E-state index contributed by atoms with van der Waals surface area (Å²) in [5.41, 5.74) is 0.952. The van der Waals surface area contributed by atoms with E-state index in [-0.39, 0.29) is 0 Å². The molecule has 0 N–H and O–H groups in total. The lowest BCUT2D eigenvalue weighted by Crippen LogP contribution is -1.88. The predicted octanol–water partition coefficient (Wildman–Crippen LogP) is 1.16. The van der Waals surface area contributed by atoms with Gasteiger partial charge in [0, 0.05) is 11.9 Å². The van der Waals surface area contributed by atoms with Gasteiger partial charge in [-0.05, 0) is 25.8 Å². The summed E-state index contributed by atoms with van der Waals surface area (Å²) in [7, 11) is 0. The van der Waals surface area contributed by atoms with Crippen molar-refractivity contribution in [1.29, 1.82) is 0 Å². The molecule has 2 nitrogen and oxygen atoms in total. The van der Waals surface area contributed by atoms with Gasteiger partial charge in [-0.3, -0.25) is 0 Å². The highest BCUT2D eigenvalue weighted by Crippen LogP contribution is 1.90. The Kier molecular flexibility index (Phi) is 2.01. The first-order chi connectivity index (χ1) is 4.83. The Morgan fingerprint density at radius 3 is 2.90 bits per heavy atom. The van der Waals surface area contributed by atoms with Gasteiger partial charge in [-0.1, -0.05) is 5.92 Å². The Morgan fingerprint density at radius 2 is 2.30 bits per heavy atom. The van der Waals surface area contributed by atoms with E-state index >= 15 is 0 Å². The smallest absolute Gasteiger partial charge is 0.205 e. The predicted molar refractivity (Wildman–Crippen MR) is 39.3 cm³/mol. The highest BCUT2D eigenvalue weighted by Gasteiger charge is 1.87. The lowest BCUT2D eigenvalue weighted by Gasteiger charge is -1.89. The summed E-state index contributed by atoms with van der Waals surface area (Å²) in [6, 6.07) is 1.85. The van der Waals surface area contributed by atoms with E-state index in [0.29, 0.717) is 5.82 Å². The van der Waals surface area contributed by atoms with Crippen molar-refractivity contribution in [2.24, 2.45) is 0 Å². The summed E-state index contributed by atoms with van der Waals surface area (Å²) in [5.74, 6) is 6.11. The fourth-order valence-electron chi connectivity index (χ4n) is 0.621. The fraction of sp³-hybridized carbons (Fsp3) is 0.250. The van der Waals surface area contributed by atoms with Crippen molar-refractivity contribution in [2.45, 2.75) is 13.8 Å². The molecule has 0 atom stereocenters. The van der Waals surface area contributed by atoms with Crippen LogP contribution < -0.4 is 0 Å². The third-order valence-corrected chi connectivity index (χ3v) is 1.03. The molecule has 0 saturated heterocycles. The maximum atomic E-state index is 4.08. The fourth-order valence-corrected chi connectivity index (χ4v) is 0.621. The third kappa shape index (κ3) is 1.56. The van der Waals surface area contributed by atoms with E-state index in [2.05, 4.69) is 21.8 Å². The zero-order valence-corrected chi connectivity index (χ0v) is 6.05. The van der Waals surface area contributed by atoms with Gasteiger partial charge in [0.2, 0.25) is 5.82 Å². The molecule has 0 aliphatic carbocycles. The van der Waals surface area contributed by atoms with Crippen LogP contribution in [0.2, 0.25) is 0 Å². The minimum absolute atomic E-state index is 0.600. The molecule has 1 heterocycles. The largest absolute Gasteiger partial charge is 0.229 e. The van der Waals surface area contributed by atoms with E-state index in [1.54, 1.807) is 13.1 Å².